The first-order valence-corrected chi connectivity index (χ1v) is 5.95. The Morgan fingerprint density at radius 1 is 1.50 bits per heavy atom. The van der Waals surface area contributed by atoms with Crippen LogP contribution in [-0.4, -0.2) is 12.6 Å². The van der Waals surface area contributed by atoms with Gasteiger partial charge < -0.3 is 4.74 Å². The SMILES string of the molecule is CCOC(=O)CCc1cc(CF)ccc1Br. The Labute approximate surface area is 103 Å². The van der Waals surface area contributed by atoms with E-state index >= 15 is 0 Å². The molecule has 0 aliphatic rings. The van der Waals surface area contributed by atoms with Crippen molar-refractivity contribution < 1.29 is 13.9 Å². The minimum absolute atomic E-state index is 0.222. The van der Waals surface area contributed by atoms with E-state index in [4.69, 9.17) is 4.74 Å². The Morgan fingerprint density at radius 3 is 2.88 bits per heavy atom. The van der Waals surface area contributed by atoms with E-state index in [2.05, 4.69) is 15.9 Å². The van der Waals surface area contributed by atoms with Crippen LogP contribution in [0.25, 0.3) is 0 Å². The Balaban J connectivity index is 2.62. The van der Waals surface area contributed by atoms with Crippen LogP contribution in [0.2, 0.25) is 0 Å². The highest BCUT2D eigenvalue weighted by atomic mass is 79.9. The Hall–Kier alpha value is -0.900. The van der Waals surface area contributed by atoms with Gasteiger partial charge in [-0.15, -0.1) is 0 Å². The summed E-state index contributed by atoms with van der Waals surface area (Å²) in [6.45, 7) is 1.68. The van der Waals surface area contributed by atoms with Crippen LogP contribution in [0.15, 0.2) is 22.7 Å². The van der Waals surface area contributed by atoms with Gasteiger partial charge in [0.15, 0.2) is 0 Å². The average Bonchev–Trinajstić information content (AvgIpc) is 2.28. The highest BCUT2D eigenvalue weighted by molar-refractivity contribution is 9.10. The molecule has 0 heterocycles. The fourth-order valence-electron chi connectivity index (χ4n) is 1.37. The van der Waals surface area contributed by atoms with Crippen molar-refractivity contribution in [3.05, 3.63) is 33.8 Å². The number of hydrogen-bond acceptors (Lipinski definition) is 2. The van der Waals surface area contributed by atoms with Gasteiger partial charge in [-0.25, -0.2) is 4.39 Å². The maximum Gasteiger partial charge on any atom is 0.306 e. The summed E-state index contributed by atoms with van der Waals surface area (Å²) in [6.07, 6.45) is 0.884. The number of halogens is 2. The van der Waals surface area contributed by atoms with Crippen LogP contribution in [0.1, 0.15) is 24.5 Å². The number of aryl methyl sites for hydroxylation is 1. The molecule has 0 spiro atoms. The van der Waals surface area contributed by atoms with Crippen LogP contribution in [0, 0.1) is 0 Å². The van der Waals surface area contributed by atoms with Gasteiger partial charge in [-0.1, -0.05) is 28.1 Å². The number of alkyl halides is 1. The Morgan fingerprint density at radius 2 is 2.25 bits per heavy atom. The highest BCUT2D eigenvalue weighted by Gasteiger charge is 2.06. The number of hydrogen-bond donors (Lipinski definition) is 0. The lowest BCUT2D eigenvalue weighted by atomic mass is 10.1. The zero-order valence-corrected chi connectivity index (χ0v) is 10.7. The number of esters is 1. The second-order valence-electron chi connectivity index (χ2n) is 3.36. The normalized spacial score (nSPS) is 10.2. The molecule has 1 aromatic rings. The molecule has 88 valence electrons. The van der Waals surface area contributed by atoms with Gasteiger partial charge >= 0.3 is 5.97 Å². The lowest BCUT2D eigenvalue weighted by Gasteiger charge is -2.06. The summed E-state index contributed by atoms with van der Waals surface area (Å²) in [4.78, 5) is 11.2. The molecule has 2 nitrogen and oxygen atoms in total. The molecule has 0 aliphatic carbocycles. The molecule has 0 saturated carbocycles. The quantitative estimate of drug-likeness (QED) is 0.776. The molecule has 1 aromatic carbocycles. The van der Waals surface area contributed by atoms with Crippen LogP contribution in [0.3, 0.4) is 0 Å². The fourth-order valence-corrected chi connectivity index (χ4v) is 1.82. The van der Waals surface area contributed by atoms with E-state index in [1.165, 1.54) is 0 Å². The van der Waals surface area contributed by atoms with E-state index in [-0.39, 0.29) is 5.97 Å². The first kappa shape index (κ1) is 13.2. The molecular formula is C12H14BrFO2. The van der Waals surface area contributed by atoms with Crippen LogP contribution in [0.5, 0.6) is 0 Å². The minimum Gasteiger partial charge on any atom is -0.466 e. The van der Waals surface area contributed by atoms with E-state index in [0.717, 1.165) is 10.0 Å². The van der Waals surface area contributed by atoms with Gasteiger partial charge in [0, 0.05) is 10.9 Å². The Kier molecular flexibility index (Phi) is 5.46. The third kappa shape index (κ3) is 3.93. The molecule has 0 saturated heterocycles. The van der Waals surface area contributed by atoms with Gasteiger partial charge in [-0.05, 0) is 30.5 Å². The number of carbonyl (C=O) groups is 1. The largest absolute Gasteiger partial charge is 0.466 e. The van der Waals surface area contributed by atoms with Gasteiger partial charge in [-0.2, -0.15) is 0 Å². The molecular weight excluding hydrogens is 275 g/mol. The third-order valence-corrected chi connectivity index (χ3v) is 2.94. The van der Waals surface area contributed by atoms with Crippen molar-refractivity contribution in [1.82, 2.24) is 0 Å². The number of ether oxygens (including phenoxy) is 1. The molecule has 0 unspecified atom stereocenters. The average molecular weight is 289 g/mol. The van der Waals surface area contributed by atoms with Crippen LogP contribution in [-0.2, 0) is 22.6 Å². The van der Waals surface area contributed by atoms with Crippen molar-refractivity contribution in [3.8, 4) is 0 Å². The molecule has 0 atom stereocenters. The summed E-state index contributed by atoms with van der Waals surface area (Å²) in [5, 5.41) is 0. The summed E-state index contributed by atoms with van der Waals surface area (Å²) in [5.41, 5.74) is 1.56. The summed E-state index contributed by atoms with van der Waals surface area (Å²) in [7, 11) is 0. The predicted octanol–water partition coefficient (Wildman–Crippen LogP) is 3.41. The first-order chi connectivity index (χ1) is 7.67. The maximum absolute atomic E-state index is 12.4. The standard InChI is InChI=1S/C12H14BrFO2/c1-2-16-12(15)6-4-10-7-9(8-14)3-5-11(10)13/h3,5,7H,2,4,6,8H2,1H3. The molecule has 0 N–H and O–H groups in total. The lowest BCUT2D eigenvalue weighted by molar-refractivity contribution is -0.143. The van der Waals surface area contributed by atoms with Crippen molar-refractivity contribution in [1.29, 1.82) is 0 Å². The van der Waals surface area contributed by atoms with E-state index in [1.54, 1.807) is 25.1 Å². The second-order valence-corrected chi connectivity index (χ2v) is 4.22. The lowest BCUT2D eigenvalue weighted by Crippen LogP contribution is -2.05. The number of rotatable bonds is 5. The topological polar surface area (TPSA) is 26.3 Å². The smallest absolute Gasteiger partial charge is 0.306 e. The van der Waals surface area contributed by atoms with Gasteiger partial charge in [0.25, 0.3) is 0 Å². The molecule has 1 rings (SSSR count). The predicted molar refractivity (Wildman–Crippen MR) is 63.9 cm³/mol. The van der Waals surface area contributed by atoms with Crippen LogP contribution in [0.4, 0.5) is 4.39 Å². The summed E-state index contributed by atoms with van der Waals surface area (Å²) >= 11 is 3.37. The van der Waals surface area contributed by atoms with E-state index in [9.17, 15) is 9.18 Å². The number of carbonyl (C=O) groups excluding carboxylic acids is 1. The van der Waals surface area contributed by atoms with Crippen molar-refractivity contribution in [2.45, 2.75) is 26.4 Å². The van der Waals surface area contributed by atoms with E-state index in [1.807, 2.05) is 0 Å². The molecule has 0 aromatic heterocycles. The Bertz CT molecular complexity index is 366. The first-order valence-electron chi connectivity index (χ1n) is 5.16. The molecule has 0 amide bonds. The van der Waals surface area contributed by atoms with Crippen molar-refractivity contribution in [2.24, 2.45) is 0 Å². The summed E-state index contributed by atoms with van der Waals surface area (Å²) in [6, 6.07) is 5.29. The summed E-state index contributed by atoms with van der Waals surface area (Å²) in [5.74, 6) is -0.222. The van der Waals surface area contributed by atoms with Gasteiger partial charge in [-0.3, -0.25) is 4.79 Å². The zero-order valence-electron chi connectivity index (χ0n) is 9.13. The van der Waals surface area contributed by atoms with Crippen molar-refractivity contribution in [2.75, 3.05) is 6.61 Å². The van der Waals surface area contributed by atoms with Gasteiger partial charge in [0.1, 0.15) is 6.67 Å². The van der Waals surface area contributed by atoms with Crippen molar-refractivity contribution in [3.63, 3.8) is 0 Å². The molecule has 0 aliphatic heterocycles. The highest BCUT2D eigenvalue weighted by Crippen LogP contribution is 2.20. The number of benzene rings is 1. The summed E-state index contributed by atoms with van der Waals surface area (Å²) < 4.78 is 18.2. The van der Waals surface area contributed by atoms with Crippen molar-refractivity contribution >= 4 is 21.9 Å². The van der Waals surface area contributed by atoms with Crippen LogP contribution >= 0.6 is 15.9 Å². The minimum atomic E-state index is -0.486. The zero-order chi connectivity index (χ0) is 12.0. The van der Waals surface area contributed by atoms with Crippen LogP contribution < -0.4 is 0 Å². The molecule has 0 radical (unpaired) electrons. The molecule has 4 heteroatoms. The van der Waals surface area contributed by atoms with E-state index < -0.39 is 6.67 Å². The maximum atomic E-state index is 12.4. The monoisotopic (exact) mass is 288 g/mol. The van der Waals surface area contributed by atoms with Gasteiger partial charge in [0.2, 0.25) is 0 Å². The van der Waals surface area contributed by atoms with E-state index in [0.29, 0.717) is 25.0 Å². The van der Waals surface area contributed by atoms with Gasteiger partial charge in [0.05, 0.1) is 6.61 Å². The molecule has 16 heavy (non-hydrogen) atoms. The second kappa shape index (κ2) is 6.63. The molecule has 0 bridgehead atoms. The third-order valence-electron chi connectivity index (χ3n) is 2.17. The molecule has 0 fully saturated rings. The fraction of sp³-hybridized carbons (Fsp3) is 0.417.